The number of aromatic nitrogens is 2. The summed E-state index contributed by atoms with van der Waals surface area (Å²) in [5.41, 5.74) is 1.63. The summed E-state index contributed by atoms with van der Waals surface area (Å²) in [4.78, 5) is 12.5. The zero-order chi connectivity index (χ0) is 20.5. The van der Waals surface area contributed by atoms with Gasteiger partial charge in [-0.1, -0.05) is 12.5 Å². The molecule has 1 aromatic heterocycles. The number of nitrogens with one attached hydrogen (secondary N) is 1. The second-order valence-electron chi connectivity index (χ2n) is 7.13. The van der Waals surface area contributed by atoms with E-state index in [1.54, 1.807) is 32.9 Å². The van der Waals surface area contributed by atoms with Crippen LogP contribution in [0, 0.1) is 26.6 Å². The number of piperidine rings is 1. The number of rotatable bonds is 5. The van der Waals surface area contributed by atoms with E-state index in [1.165, 1.54) is 15.1 Å². The zero-order valence-electron chi connectivity index (χ0n) is 16.3. The number of nitrogens with zero attached hydrogens (tertiary/aromatic N) is 3. The molecule has 1 amide bonds. The molecular weight excluding hydrogens is 383 g/mol. The van der Waals surface area contributed by atoms with Crippen molar-refractivity contribution in [3.63, 3.8) is 0 Å². The van der Waals surface area contributed by atoms with Gasteiger partial charge in [0.2, 0.25) is 15.9 Å². The molecule has 9 heteroatoms. The maximum absolute atomic E-state index is 13.6. The molecular formula is C19H25FN4O3S. The quantitative estimate of drug-likeness (QED) is 0.825. The predicted molar refractivity (Wildman–Crippen MR) is 104 cm³/mol. The molecule has 2 heterocycles. The topological polar surface area (TPSA) is 84.3 Å². The van der Waals surface area contributed by atoms with Gasteiger partial charge in [-0.15, -0.1) is 0 Å². The van der Waals surface area contributed by atoms with Gasteiger partial charge in [0.15, 0.2) is 0 Å². The number of sulfonamides is 1. The highest BCUT2D eigenvalue weighted by atomic mass is 32.2. The van der Waals surface area contributed by atoms with Crippen LogP contribution in [0.2, 0.25) is 0 Å². The lowest BCUT2D eigenvalue weighted by atomic mass is 10.2. The molecule has 0 saturated carbocycles. The fraction of sp³-hybridized carbons (Fsp3) is 0.474. The number of carbonyl (C=O) groups excluding carboxylic acids is 1. The Bertz CT molecular complexity index is 995. The molecule has 7 nitrogen and oxygen atoms in total. The molecule has 1 aromatic carbocycles. The van der Waals surface area contributed by atoms with Gasteiger partial charge in [-0.25, -0.2) is 12.8 Å². The Balaban J connectivity index is 1.79. The van der Waals surface area contributed by atoms with Crippen molar-refractivity contribution >= 4 is 21.6 Å². The second-order valence-corrected chi connectivity index (χ2v) is 9.01. The molecule has 0 aliphatic carbocycles. The summed E-state index contributed by atoms with van der Waals surface area (Å²) < 4.78 is 42.6. The van der Waals surface area contributed by atoms with Crippen LogP contribution in [0.15, 0.2) is 23.1 Å². The van der Waals surface area contributed by atoms with Crippen LogP contribution in [0.4, 0.5) is 10.1 Å². The third kappa shape index (κ3) is 4.10. The van der Waals surface area contributed by atoms with Gasteiger partial charge in [0.05, 0.1) is 11.4 Å². The van der Waals surface area contributed by atoms with Crippen molar-refractivity contribution in [1.29, 1.82) is 0 Å². The smallest absolute Gasteiger partial charge is 0.246 e. The number of halogens is 1. The number of amides is 1. The van der Waals surface area contributed by atoms with Crippen LogP contribution < -0.4 is 5.32 Å². The number of carbonyl (C=O) groups is 1. The van der Waals surface area contributed by atoms with Crippen LogP contribution in [-0.4, -0.2) is 41.5 Å². The van der Waals surface area contributed by atoms with E-state index in [0.29, 0.717) is 35.7 Å². The van der Waals surface area contributed by atoms with E-state index in [0.717, 1.165) is 19.3 Å². The molecule has 1 N–H and O–H groups in total. The molecule has 3 rings (SSSR count). The fourth-order valence-electron chi connectivity index (χ4n) is 3.45. The van der Waals surface area contributed by atoms with Crippen LogP contribution in [-0.2, 0) is 21.4 Å². The third-order valence-corrected chi connectivity index (χ3v) is 7.13. The van der Waals surface area contributed by atoms with Crippen LogP contribution in [0.1, 0.15) is 36.2 Å². The van der Waals surface area contributed by atoms with Crippen molar-refractivity contribution in [2.24, 2.45) is 0 Å². The Morgan fingerprint density at radius 1 is 1.18 bits per heavy atom. The highest BCUT2D eigenvalue weighted by molar-refractivity contribution is 7.89. The van der Waals surface area contributed by atoms with E-state index in [-0.39, 0.29) is 11.4 Å². The molecule has 1 fully saturated rings. The van der Waals surface area contributed by atoms with E-state index < -0.39 is 21.7 Å². The van der Waals surface area contributed by atoms with Crippen molar-refractivity contribution in [3.05, 3.63) is 41.0 Å². The molecule has 1 saturated heterocycles. The van der Waals surface area contributed by atoms with E-state index in [9.17, 15) is 17.6 Å². The normalized spacial score (nSPS) is 15.6. The highest BCUT2D eigenvalue weighted by Crippen LogP contribution is 2.26. The van der Waals surface area contributed by atoms with Crippen LogP contribution in [0.5, 0.6) is 0 Å². The summed E-state index contributed by atoms with van der Waals surface area (Å²) >= 11 is 0. The van der Waals surface area contributed by atoms with Gasteiger partial charge in [-0.2, -0.15) is 9.40 Å². The minimum absolute atomic E-state index is 0.155. The van der Waals surface area contributed by atoms with Gasteiger partial charge in [0, 0.05) is 18.8 Å². The lowest BCUT2D eigenvalue weighted by Gasteiger charge is -2.25. The SMILES string of the molecule is Cc1ccc(NC(=O)Cn2nc(C)c(S(=O)(=O)N3CCCCC3)c2C)cc1F. The molecule has 0 unspecified atom stereocenters. The van der Waals surface area contributed by atoms with Gasteiger partial charge in [0.25, 0.3) is 0 Å². The average molecular weight is 408 g/mol. The number of aryl methyl sites for hydroxylation is 2. The molecule has 28 heavy (non-hydrogen) atoms. The van der Waals surface area contributed by atoms with Gasteiger partial charge in [0.1, 0.15) is 17.3 Å². The first-order valence-electron chi connectivity index (χ1n) is 9.30. The number of hydrogen-bond acceptors (Lipinski definition) is 4. The van der Waals surface area contributed by atoms with Gasteiger partial charge < -0.3 is 5.32 Å². The monoisotopic (exact) mass is 408 g/mol. The van der Waals surface area contributed by atoms with E-state index >= 15 is 0 Å². The molecule has 0 bridgehead atoms. The molecule has 0 radical (unpaired) electrons. The highest BCUT2D eigenvalue weighted by Gasteiger charge is 2.32. The maximum atomic E-state index is 13.6. The minimum atomic E-state index is -3.64. The predicted octanol–water partition coefficient (Wildman–Crippen LogP) is 2.76. The van der Waals surface area contributed by atoms with Crippen LogP contribution in [0.25, 0.3) is 0 Å². The van der Waals surface area contributed by atoms with E-state index in [2.05, 4.69) is 10.4 Å². The number of hydrogen-bond donors (Lipinski definition) is 1. The van der Waals surface area contributed by atoms with Crippen LogP contribution in [0.3, 0.4) is 0 Å². The number of anilines is 1. The van der Waals surface area contributed by atoms with E-state index in [1.807, 2.05) is 0 Å². The van der Waals surface area contributed by atoms with Crippen molar-refractivity contribution in [2.45, 2.75) is 51.5 Å². The average Bonchev–Trinajstić information content (AvgIpc) is 2.92. The Hall–Kier alpha value is -2.26. The fourth-order valence-corrected chi connectivity index (χ4v) is 5.34. The summed E-state index contributed by atoms with van der Waals surface area (Å²) in [5, 5.41) is 6.88. The Morgan fingerprint density at radius 3 is 2.50 bits per heavy atom. The second kappa shape index (κ2) is 8.00. The first-order valence-corrected chi connectivity index (χ1v) is 10.7. The molecule has 1 aliphatic heterocycles. The molecule has 0 spiro atoms. The standard InChI is InChI=1S/C19H25FN4O3S/c1-13-7-8-16(11-17(13)20)21-18(25)12-24-15(3)19(14(2)22-24)28(26,27)23-9-5-4-6-10-23/h7-8,11H,4-6,9-10,12H2,1-3H3,(H,21,25). The van der Waals surface area contributed by atoms with Gasteiger partial charge in [-0.05, 0) is 51.3 Å². The van der Waals surface area contributed by atoms with Crippen molar-refractivity contribution in [1.82, 2.24) is 14.1 Å². The molecule has 0 atom stereocenters. The minimum Gasteiger partial charge on any atom is -0.324 e. The van der Waals surface area contributed by atoms with Crippen molar-refractivity contribution in [2.75, 3.05) is 18.4 Å². The van der Waals surface area contributed by atoms with Crippen molar-refractivity contribution < 1.29 is 17.6 Å². The van der Waals surface area contributed by atoms with Gasteiger partial charge >= 0.3 is 0 Å². The summed E-state index contributed by atoms with van der Waals surface area (Å²) in [6.45, 7) is 5.78. The molecule has 1 aliphatic rings. The Morgan fingerprint density at radius 2 is 1.86 bits per heavy atom. The Labute approximate surface area is 164 Å². The first-order chi connectivity index (χ1) is 13.2. The molecule has 152 valence electrons. The maximum Gasteiger partial charge on any atom is 0.246 e. The van der Waals surface area contributed by atoms with Gasteiger partial charge in [-0.3, -0.25) is 9.48 Å². The summed E-state index contributed by atoms with van der Waals surface area (Å²) in [6, 6.07) is 4.45. The zero-order valence-corrected chi connectivity index (χ0v) is 17.1. The number of benzene rings is 1. The van der Waals surface area contributed by atoms with E-state index in [4.69, 9.17) is 0 Å². The molecule has 2 aromatic rings. The summed E-state index contributed by atoms with van der Waals surface area (Å²) in [5.74, 6) is -0.811. The van der Waals surface area contributed by atoms with Crippen molar-refractivity contribution in [3.8, 4) is 0 Å². The lowest BCUT2D eigenvalue weighted by Crippen LogP contribution is -2.36. The first kappa shape index (κ1) is 20.5. The Kier molecular flexibility index (Phi) is 5.85. The lowest BCUT2D eigenvalue weighted by molar-refractivity contribution is -0.116. The van der Waals surface area contributed by atoms with Crippen LogP contribution >= 0.6 is 0 Å². The summed E-state index contributed by atoms with van der Waals surface area (Å²) in [6.07, 6.45) is 2.73. The largest absolute Gasteiger partial charge is 0.324 e. The summed E-state index contributed by atoms with van der Waals surface area (Å²) in [7, 11) is -3.64. The third-order valence-electron chi connectivity index (χ3n) is 4.98.